The van der Waals surface area contributed by atoms with Crippen molar-refractivity contribution >= 4 is 5.97 Å². The first-order valence-electron chi connectivity index (χ1n) is 7.88. The normalized spacial score (nSPS) is 15.5. The van der Waals surface area contributed by atoms with E-state index >= 15 is 0 Å². The van der Waals surface area contributed by atoms with Gasteiger partial charge in [-0.2, -0.15) is 0 Å². The maximum absolute atomic E-state index is 11.7. The molecule has 1 heterocycles. The second-order valence-corrected chi connectivity index (χ2v) is 5.40. The van der Waals surface area contributed by atoms with E-state index in [1.165, 1.54) is 7.11 Å². The molecule has 1 fully saturated rings. The molecule has 1 aliphatic heterocycles. The van der Waals surface area contributed by atoms with E-state index in [4.69, 9.17) is 14.2 Å². The molecule has 0 unspecified atom stereocenters. The van der Waals surface area contributed by atoms with Crippen LogP contribution in [0.25, 0.3) is 0 Å². The zero-order chi connectivity index (χ0) is 15.8. The summed E-state index contributed by atoms with van der Waals surface area (Å²) in [6.07, 6.45) is 2.12. The van der Waals surface area contributed by atoms with Gasteiger partial charge in [0.2, 0.25) is 0 Å². The lowest BCUT2D eigenvalue weighted by Crippen LogP contribution is -2.35. The fraction of sp³-hybridized carbons (Fsp3) is 0.588. The molecule has 1 saturated heterocycles. The fourth-order valence-corrected chi connectivity index (χ4v) is 2.42. The van der Waals surface area contributed by atoms with Crippen LogP contribution in [0.3, 0.4) is 0 Å². The maximum atomic E-state index is 11.7. The monoisotopic (exact) mass is 307 g/mol. The summed E-state index contributed by atoms with van der Waals surface area (Å²) < 4.78 is 16.1. The van der Waals surface area contributed by atoms with Gasteiger partial charge < -0.3 is 14.2 Å². The molecule has 1 aromatic rings. The van der Waals surface area contributed by atoms with E-state index in [1.807, 2.05) is 12.1 Å². The van der Waals surface area contributed by atoms with Crippen molar-refractivity contribution in [2.75, 3.05) is 40.0 Å². The van der Waals surface area contributed by atoms with Crippen molar-refractivity contribution in [3.8, 4) is 5.75 Å². The number of hydrogen-bond donors (Lipinski definition) is 0. The third-order valence-electron chi connectivity index (χ3n) is 3.73. The zero-order valence-corrected chi connectivity index (χ0v) is 13.5. The van der Waals surface area contributed by atoms with Gasteiger partial charge in [0.05, 0.1) is 32.5 Å². The second kappa shape index (κ2) is 8.76. The quantitative estimate of drug-likeness (QED) is 0.572. The van der Waals surface area contributed by atoms with E-state index in [9.17, 15) is 4.79 Å². The Morgan fingerprint density at radius 1 is 1.32 bits per heavy atom. The van der Waals surface area contributed by atoms with E-state index in [0.29, 0.717) is 12.2 Å². The number of esters is 1. The summed E-state index contributed by atoms with van der Waals surface area (Å²) in [5.41, 5.74) is 1.59. The zero-order valence-electron chi connectivity index (χ0n) is 13.5. The Hall–Kier alpha value is -1.59. The third-order valence-corrected chi connectivity index (χ3v) is 3.73. The Kier molecular flexibility index (Phi) is 6.68. The Labute approximate surface area is 132 Å². The molecule has 0 aromatic heterocycles. The van der Waals surface area contributed by atoms with Crippen LogP contribution in [0.4, 0.5) is 0 Å². The average Bonchev–Trinajstić information content (AvgIpc) is 2.56. The molecular weight excluding hydrogens is 282 g/mol. The summed E-state index contributed by atoms with van der Waals surface area (Å²) in [4.78, 5) is 14.0. The van der Waals surface area contributed by atoms with Crippen molar-refractivity contribution in [3.63, 3.8) is 0 Å². The largest absolute Gasteiger partial charge is 0.493 e. The molecule has 5 heteroatoms. The molecule has 5 nitrogen and oxygen atoms in total. The lowest BCUT2D eigenvalue weighted by molar-refractivity contribution is 0.0337. The van der Waals surface area contributed by atoms with Gasteiger partial charge in [0.15, 0.2) is 0 Å². The van der Waals surface area contributed by atoms with Crippen LogP contribution in [0.5, 0.6) is 5.75 Å². The van der Waals surface area contributed by atoms with Crippen LogP contribution in [0.15, 0.2) is 18.2 Å². The number of unbranched alkanes of at least 4 members (excludes halogenated alkanes) is 1. The minimum Gasteiger partial charge on any atom is -0.493 e. The summed E-state index contributed by atoms with van der Waals surface area (Å²) in [6, 6.07) is 5.51. The SMILES string of the molecule is CCCCOc1ccc(C(=O)OC)cc1CN1CCOCC1. The summed E-state index contributed by atoms with van der Waals surface area (Å²) in [5.74, 6) is 0.538. The van der Waals surface area contributed by atoms with E-state index in [0.717, 1.165) is 57.0 Å². The van der Waals surface area contributed by atoms with Crippen molar-refractivity contribution in [2.45, 2.75) is 26.3 Å². The molecule has 0 atom stereocenters. The number of hydrogen-bond acceptors (Lipinski definition) is 5. The molecule has 22 heavy (non-hydrogen) atoms. The lowest BCUT2D eigenvalue weighted by atomic mass is 10.1. The topological polar surface area (TPSA) is 48.0 Å². The minimum absolute atomic E-state index is 0.316. The highest BCUT2D eigenvalue weighted by Crippen LogP contribution is 2.23. The van der Waals surface area contributed by atoms with Gasteiger partial charge in [-0.05, 0) is 24.6 Å². The van der Waals surface area contributed by atoms with E-state index in [2.05, 4.69) is 11.8 Å². The number of ether oxygens (including phenoxy) is 3. The number of rotatable bonds is 7. The summed E-state index contributed by atoms with van der Waals surface area (Å²) in [7, 11) is 1.40. The molecule has 122 valence electrons. The number of benzene rings is 1. The molecular formula is C17H25NO4. The Bertz CT molecular complexity index is 484. The Morgan fingerprint density at radius 3 is 2.77 bits per heavy atom. The minimum atomic E-state index is -0.316. The highest BCUT2D eigenvalue weighted by molar-refractivity contribution is 5.89. The number of carbonyl (C=O) groups is 1. The smallest absolute Gasteiger partial charge is 0.337 e. The van der Waals surface area contributed by atoms with E-state index in [-0.39, 0.29) is 5.97 Å². The molecule has 2 rings (SSSR count). The van der Waals surface area contributed by atoms with Gasteiger partial charge in [-0.25, -0.2) is 4.79 Å². The maximum Gasteiger partial charge on any atom is 0.337 e. The van der Waals surface area contributed by atoms with Crippen LogP contribution in [-0.4, -0.2) is 50.9 Å². The highest BCUT2D eigenvalue weighted by atomic mass is 16.5. The summed E-state index contributed by atoms with van der Waals surface area (Å²) in [5, 5.41) is 0. The van der Waals surface area contributed by atoms with Crippen LogP contribution in [-0.2, 0) is 16.0 Å². The molecule has 0 radical (unpaired) electrons. The molecule has 0 amide bonds. The molecule has 0 saturated carbocycles. The summed E-state index contributed by atoms with van der Waals surface area (Å²) in [6.45, 7) is 6.90. The number of methoxy groups -OCH3 is 1. The molecule has 0 bridgehead atoms. The van der Waals surface area contributed by atoms with Crippen LogP contribution in [0.1, 0.15) is 35.7 Å². The molecule has 1 aliphatic rings. The standard InChI is InChI=1S/C17H25NO4/c1-3-4-9-22-16-6-5-14(17(19)20-2)12-15(16)13-18-7-10-21-11-8-18/h5-6,12H,3-4,7-11,13H2,1-2H3. The first kappa shape index (κ1) is 16.8. The predicted molar refractivity (Wildman–Crippen MR) is 84.3 cm³/mol. The third kappa shape index (κ3) is 4.71. The van der Waals surface area contributed by atoms with Crippen LogP contribution in [0.2, 0.25) is 0 Å². The summed E-state index contributed by atoms with van der Waals surface area (Å²) >= 11 is 0. The molecule has 1 aromatic carbocycles. The van der Waals surface area contributed by atoms with Crippen LogP contribution < -0.4 is 4.74 Å². The highest BCUT2D eigenvalue weighted by Gasteiger charge is 2.16. The molecule has 0 N–H and O–H groups in total. The van der Waals surface area contributed by atoms with Gasteiger partial charge in [-0.1, -0.05) is 13.3 Å². The second-order valence-electron chi connectivity index (χ2n) is 5.40. The molecule has 0 aliphatic carbocycles. The van der Waals surface area contributed by atoms with Gasteiger partial charge in [-0.3, -0.25) is 4.90 Å². The van der Waals surface area contributed by atoms with Crippen molar-refractivity contribution in [2.24, 2.45) is 0 Å². The first-order valence-corrected chi connectivity index (χ1v) is 7.88. The predicted octanol–water partition coefficient (Wildman–Crippen LogP) is 2.48. The van der Waals surface area contributed by atoms with Crippen molar-refractivity contribution < 1.29 is 19.0 Å². The Morgan fingerprint density at radius 2 is 2.09 bits per heavy atom. The molecule has 0 spiro atoms. The number of morpholine rings is 1. The number of nitrogens with zero attached hydrogens (tertiary/aromatic N) is 1. The number of carbonyl (C=O) groups excluding carboxylic acids is 1. The van der Waals surface area contributed by atoms with Gasteiger partial charge in [0, 0.05) is 25.2 Å². The van der Waals surface area contributed by atoms with E-state index < -0.39 is 0 Å². The van der Waals surface area contributed by atoms with Crippen molar-refractivity contribution in [3.05, 3.63) is 29.3 Å². The van der Waals surface area contributed by atoms with Crippen LogP contribution >= 0.6 is 0 Å². The van der Waals surface area contributed by atoms with E-state index in [1.54, 1.807) is 6.07 Å². The van der Waals surface area contributed by atoms with Gasteiger partial charge in [0.25, 0.3) is 0 Å². The van der Waals surface area contributed by atoms with Gasteiger partial charge >= 0.3 is 5.97 Å². The first-order chi connectivity index (χ1) is 10.7. The van der Waals surface area contributed by atoms with Gasteiger partial charge in [-0.15, -0.1) is 0 Å². The Balaban J connectivity index is 2.13. The van der Waals surface area contributed by atoms with Gasteiger partial charge in [0.1, 0.15) is 5.75 Å². The fourth-order valence-electron chi connectivity index (χ4n) is 2.42. The average molecular weight is 307 g/mol. The van der Waals surface area contributed by atoms with Crippen molar-refractivity contribution in [1.29, 1.82) is 0 Å². The lowest BCUT2D eigenvalue weighted by Gasteiger charge is -2.27. The van der Waals surface area contributed by atoms with Crippen molar-refractivity contribution in [1.82, 2.24) is 4.90 Å². The van der Waals surface area contributed by atoms with Crippen LogP contribution in [0, 0.1) is 0 Å².